The predicted molar refractivity (Wildman–Crippen MR) is 86.4 cm³/mol. The molecule has 1 aromatic heterocycles. The summed E-state index contributed by atoms with van der Waals surface area (Å²) in [4.78, 5) is 4.63. The van der Waals surface area contributed by atoms with Gasteiger partial charge in [-0.3, -0.25) is 4.98 Å². The summed E-state index contributed by atoms with van der Waals surface area (Å²) in [5.74, 6) is 0.951. The van der Waals surface area contributed by atoms with Crippen molar-refractivity contribution >= 4 is 0 Å². The normalized spacial score (nSPS) is 10.9. The van der Waals surface area contributed by atoms with E-state index in [1.165, 1.54) is 5.56 Å². The van der Waals surface area contributed by atoms with E-state index in [9.17, 15) is 0 Å². The monoisotopic (exact) mass is 284 g/mol. The summed E-state index contributed by atoms with van der Waals surface area (Å²) in [5.41, 5.74) is 3.24. The molecule has 0 bridgehead atoms. The van der Waals surface area contributed by atoms with Gasteiger partial charge in [-0.25, -0.2) is 0 Å². The van der Waals surface area contributed by atoms with Crippen LogP contribution >= 0.6 is 0 Å². The Labute approximate surface area is 127 Å². The molecule has 2 aromatic rings. The lowest BCUT2D eigenvalue weighted by Crippen LogP contribution is -2.22. The van der Waals surface area contributed by atoms with Crippen LogP contribution in [-0.4, -0.2) is 11.0 Å². The summed E-state index contributed by atoms with van der Waals surface area (Å²) in [5, 5.41) is 3.38. The van der Waals surface area contributed by atoms with E-state index in [2.05, 4.69) is 37.1 Å². The molecule has 112 valence electrons. The molecule has 3 nitrogen and oxygen atoms in total. The Balaban J connectivity index is 1.98. The van der Waals surface area contributed by atoms with Crippen molar-refractivity contribution in [2.24, 2.45) is 0 Å². The van der Waals surface area contributed by atoms with Crippen LogP contribution in [0.5, 0.6) is 5.75 Å². The Bertz CT molecular complexity index is 567. The molecule has 2 rings (SSSR count). The van der Waals surface area contributed by atoms with Crippen LogP contribution in [0.15, 0.2) is 42.5 Å². The van der Waals surface area contributed by atoms with E-state index in [0.717, 1.165) is 30.1 Å². The van der Waals surface area contributed by atoms with Crippen molar-refractivity contribution in [3.8, 4) is 5.75 Å². The van der Waals surface area contributed by atoms with Crippen molar-refractivity contribution in [1.29, 1.82) is 0 Å². The first-order valence-electron chi connectivity index (χ1n) is 7.58. The first-order valence-corrected chi connectivity index (χ1v) is 7.58. The van der Waals surface area contributed by atoms with E-state index in [1.807, 2.05) is 36.4 Å². The zero-order valence-corrected chi connectivity index (χ0v) is 13.1. The summed E-state index contributed by atoms with van der Waals surface area (Å²) >= 11 is 0. The Kier molecular flexibility index (Phi) is 5.76. The van der Waals surface area contributed by atoms with Crippen molar-refractivity contribution in [2.45, 2.75) is 46.4 Å². The molecule has 21 heavy (non-hydrogen) atoms. The molecule has 0 amide bonds. The summed E-state index contributed by atoms with van der Waals surface area (Å²) in [6.45, 7) is 7.70. The number of aromatic nitrogens is 1. The minimum absolute atomic E-state index is 0.461. The molecule has 0 aliphatic carbocycles. The summed E-state index contributed by atoms with van der Waals surface area (Å²) < 4.78 is 5.91. The molecule has 1 heterocycles. The van der Waals surface area contributed by atoms with Crippen LogP contribution < -0.4 is 10.1 Å². The second-order valence-corrected chi connectivity index (χ2v) is 5.41. The molecular formula is C18H24N2O. The molecule has 0 atom stereocenters. The van der Waals surface area contributed by atoms with Gasteiger partial charge in [0.15, 0.2) is 0 Å². The number of para-hydroxylation sites is 1. The molecule has 0 saturated carbocycles. The lowest BCUT2D eigenvalue weighted by molar-refractivity contribution is 0.298. The number of pyridine rings is 1. The molecule has 0 aliphatic heterocycles. The lowest BCUT2D eigenvalue weighted by Gasteiger charge is -2.11. The molecule has 0 unspecified atom stereocenters. The maximum atomic E-state index is 5.91. The number of nitrogens with one attached hydrogen (secondary N) is 1. The second-order valence-electron chi connectivity index (χ2n) is 5.41. The number of hydrogen-bond acceptors (Lipinski definition) is 3. The zero-order chi connectivity index (χ0) is 15.1. The fourth-order valence-corrected chi connectivity index (χ4v) is 2.11. The van der Waals surface area contributed by atoms with Crippen LogP contribution in [0.25, 0.3) is 0 Å². The van der Waals surface area contributed by atoms with Gasteiger partial charge in [-0.1, -0.05) is 45.0 Å². The number of hydrogen-bond donors (Lipinski definition) is 1. The molecule has 0 fully saturated rings. The average molecular weight is 284 g/mol. The second kappa shape index (κ2) is 7.79. The molecule has 1 aromatic carbocycles. The van der Waals surface area contributed by atoms with Gasteiger partial charge < -0.3 is 10.1 Å². The third-order valence-electron chi connectivity index (χ3n) is 3.28. The van der Waals surface area contributed by atoms with Gasteiger partial charge >= 0.3 is 0 Å². The molecule has 1 N–H and O–H groups in total. The van der Waals surface area contributed by atoms with Crippen molar-refractivity contribution in [3.63, 3.8) is 0 Å². The maximum Gasteiger partial charge on any atom is 0.130 e. The number of nitrogens with zero attached hydrogens (tertiary/aromatic N) is 1. The van der Waals surface area contributed by atoms with Crippen LogP contribution in [0.2, 0.25) is 0 Å². The van der Waals surface area contributed by atoms with Crippen LogP contribution in [0.3, 0.4) is 0 Å². The van der Waals surface area contributed by atoms with E-state index in [1.54, 1.807) is 0 Å². The summed E-state index contributed by atoms with van der Waals surface area (Å²) in [7, 11) is 0. The van der Waals surface area contributed by atoms with E-state index >= 15 is 0 Å². The minimum atomic E-state index is 0.461. The Morgan fingerprint density at radius 3 is 2.57 bits per heavy atom. The highest BCUT2D eigenvalue weighted by molar-refractivity contribution is 5.33. The Morgan fingerprint density at radius 1 is 1.05 bits per heavy atom. The van der Waals surface area contributed by atoms with Gasteiger partial charge in [0.1, 0.15) is 12.4 Å². The SMILES string of the molecule is CCc1ccccc1OCc1cccc(CNC(C)C)n1. The Hall–Kier alpha value is -1.87. The van der Waals surface area contributed by atoms with E-state index < -0.39 is 0 Å². The number of benzene rings is 1. The highest BCUT2D eigenvalue weighted by Gasteiger charge is 2.03. The third-order valence-corrected chi connectivity index (χ3v) is 3.28. The van der Waals surface area contributed by atoms with Crippen molar-refractivity contribution in [2.75, 3.05) is 0 Å². The van der Waals surface area contributed by atoms with Crippen LogP contribution in [0, 0.1) is 0 Å². The van der Waals surface area contributed by atoms with Gasteiger partial charge in [0, 0.05) is 12.6 Å². The largest absolute Gasteiger partial charge is 0.487 e. The van der Waals surface area contributed by atoms with Gasteiger partial charge in [-0.15, -0.1) is 0 Å². The van der Waals surface area contributed by atoms with Gasteiger partial charge in [0.25, 0.3) is 0 Å². The number of aryl methyl sites for hydroxylation is 1. The first-order chi connectivity index (χ1) is 10.2. The minimum Gasteiger partial charge on any atom is -0.487 e. The molecule has 0 spiro atoms. The zero-order valence-electron chi connectivity index (χ0n) is 13.1. The van der Waals surface area contributed by atoms with Gasteiger partial charge in [-0.05, 0) is 30.2 Å². The third kappa shape index (κ3) is 4.87. The van der Waals surface area contributed by atoms with Gasteiger partial charge in [0.2, 0.25) is 0 Å². The van der Waals surface area contributed by atoms with Crippen molar-refractivity contribution in [3.05, 3.63) is 59.4 Å². The molecule has 0 saturated heterocycles. The predicted octanol–water partition coefficient (Wildman–Crippen LogP) is 3.72. The highest BCUT2D eigenvalue weighted by atomic mass is 16.5. The van der Waals surface area contributed by atoms with Gasteiger partial charge in [-0.2, -0.15) is 0 Å². The standard InChI is InChI=1S/C18H24N2O/c1-4-15-8-5-6-11-18(15)21-13-17-10-7-9-16(20-17)12-19-14(2)3/h5-11,14,19H,4,12-13H2,1-3H3. The van der Waals surface area contributed by atoms with Gasteiger partial charge in [0.05, 0.1) is 11.4 Å². The summed E-state index contributed by atoms with van der Waals surface area (Å²) in [6.07, 6.45) is 0.974. The topological polar surface area (TPSA) is 34.1 Å². The number of rotatable bonds is 7. The van der Waals surface area contributed by atoms with Crippen LogP contribution in [0.4, 0.5) is 0 Å². The molecule has 0 radical (unpaired) electrons. The Morgan fingerprint density at radius 2 is 1.81 bits per heavy atom. The van der Waals surface area contributed by atoms with Crippen LogP contribution in [0.1, 0.15) is 37.7 Å². The quantitative estimate of drug-likeness (QED) is 0.841. The number of ether oxygens (including phenoxy) is 1. The smallest absolute Gasteiger partial charge is 0.130 e. The van der Waals surface area contributed by atoms with Crippen molar-refractivity contribution < 1.29 is 4.74 Å². The molecular weight excluding hydrogens is 260 g/mol. The lowest BCUT2D eigenvalue weighted by atomic mass is 10.1. The summed E-state index contributed by atoms with van der Waals surface area (Å²) in [6, 6.07) is 14.7. The van der Waals surface area contributed by atoms with E-state index in [0.29, 0.717) is 12.6 Å². The van der Waals surface area contributed by atoms with Crippen LogP contribution in [-0.2, 0) is 19.6 Å². The van der Waals surface area contributed by atoms with E-state index in [4.69, 9.17) is 4.74 Å². The molecule has 3 heteroatoms. The first kappa shape index (κ1) is 15.5. The fourth-order valence-electron chi connectivity index (χ4n) is 2.11. The molecule has 0 aliphatic rings. The van der Waals surface area contributed by atoms with E-state index in [-0.39, 0.29) is 0 Å². The maximum absolute atomic E-state index is 5.91. The fraction of sp³-hybridized carbons (Fsp3) is 0.389. The van der Waals surface area contributed by atoms with Crippen molar-refractivity contribution in [1.82, 2.24) is 10.3 Å². The average Bonchev–Trinajstić information content (AvgIpc) is 2.51. The highest BCUT2D eigenvalue weighted by Crippen LogP contribution is 2.19.